The zero-order valence-electron chi connectivity index (χ0n) is 23.8. The van der Waals surface area contributed by atoms with Crippen molar-refractivity contribution < 1.29 is 36.7 Å². The van der Waals surface area contributed by atoms with Gasteiger partial charge in [-0.2, -0.15) is 0 Å². The highest BCUT2D eigenvalue weighted by atomic mass is 35.5. The lowest BCUT2D eigenvalue weighted by Gasteiger charge is -2.33. The van der Waals surface area contributed by atoms with Gasteiger partial charge < -0.3 is 24.5 Å². The molecular weight excluding hydrogens is 586 g/mol. The summed E-state index contributed by atoms with van der Waals surface area (Å²) >= 11 is 5.98. The van der Waals surface area contributed by atoms with E-state index in [1.54, 1.807) is 12.1 Å². The summed E-state index contributed by atoms with van der Waals surface area (Å²) in [6.45, 7) is 4.09. The van der Waals surface area contributed by atoms with Gasteiger partial charge in [0.15, 0.2) is 23.0 Å². The molecule has 1 aliphatic rings. The van der Waals surface area contributed by atoms with Gasteiger partial charge in [0.2, 0.25) is 0 Å². The Balaban J connectivity index is 1.72. The molecule has 1 aliphatic heterocycles. The topological polar surface area (TPSA) is 144 Å². The largest absolute Gasteiger partial charge is 0.493 e. The van der Waals surface area contributed by atoms with Crippen molar-refractivity contribution in [2.45, 2.75) is 50.1 Å². The predicted molar refractivity (Wildman–Crippen MR) is 156 cm³/mol. The number of ketones is 1. The Morgan fingerprint density at radius 2 is 1.79 bits per heavy atom. The van der Waals surface area contributed by atoms with Crippen LogP contribution in [0.4, 0.5) is 0 Å². The molecule has 11 nitrogen and oxygen atoms in total. The zero-order chi connectivity index (χ0) is 30.6. The van der Waals surface area contributed by atoms with Crippen LogP contribution in [0.1, 0.15) is 43.7 Å². The smallest absolute Gasteiger partial charge is 0.287 e. The number of furan rings is 1. The molecule has 2 heterocycles. The summed E-state index contributed by atoms with van der Waals surface area (Å²) in [5.41, 5.74) is 0.355. The molecule has 13 heteroatoms. The van der Waals surface area contributed by atoms with Crippen molar-refractivity contribution in [3.8, 4) is 11.5 Å². The number of carbonyl (C=O) groups is 3. The SMILES string of the molecule is COc1cc2cc(C(=O)N[C@@H](CC(C)C)C(=O)N(C3CCCNCC3=O)S(=O)(=O)c3ccc(Cl)cc3)oc2cc1OC. The average Bonchev–Trinajstić information content (AvgIpc) is 3.26. The highest BCUT2D eigenvalue weighted by molar-refractivity contribution is 7.89. The minimum atomic E-state index is -4.51. The van der Waals surface area contributed by atoms with Gasteiger partial charge in [0, 0.05) is 16.5 Å². The Hall–Kier alpha value is -3.61. The van der Waals surface area contributed by atoms with E-state index in [0.717, 1.165) is 0 Å². The van der Waals surface area contributed by atoms with Crippen LogP contribution in [-0.4, -0.2) is 69.7 Å². The van der Waals surface area contributed by atoms with E-state index in [1.807, 2.05) is 13.8 Å². The van der Waals surface area contributed by atoms with Gasteiger partial charge in [-0.1, -0.05) is 25.4 Å². The van der Waals surface area contributed by atoms with E-state index in [9.17, 15) is 22.8 Å². The third kappa shape index (κ3) is 6.71. The van der Waals surface area contributed by atoms with Crippen molar-refractivity contribution in [2.75, 3.05) is 27.3 Å². The van der Waals surface area contributed by atoms with Crippen molar-refractivity contribution in [1.29, 1.82) is 0 Å². The minimum Gasteiger partial charge on any atom is -0.493 e. The summed E-state index contributed by atoms with van der Waals surface area (Å²) < 4.78 is 44.9. The fraction of sp³-hybridized carbons (Fsp3) is 0.414. The molecule has 2 N–H and O–H groups in total. The van der Waals surface area contributed by atoms with Gasteiger partial charge in [0.05, 0.1) is 25.7 Å². The van der Waals surface area contributed by atoms with E-state index >= 15 is 0 Å². The number of carbonyl (C=O) groups excluding carboxylic acids is 3. The quantitative estimate of drug-likeness (QED) is 0.346. The van der Waals surface area contributed by atoms with E-state index in [1.165, 1.54) is 44.6 Å². The highest BCUT2D eigenvalue weighted by Gasteiger charge is 2.43. The monoisotopic (exact) mass is 619 g/mol. The summed E-state index contributed by atoms with van der Waals surface area (Å²) in [4.78, 5) is 40.5. The first kappa shape index (κ1) is 31.3. The summed E-state index contributed by atoms with van der Waals surface area (Å²) in [6.07, 6.45) is 0.724. The number of nitrogens with zero attached hydrogens (tertiary/aromatic N) is 1. The second-order valence-corrected chi connectivity index (χ2v) is 12.7. The molecule has 0 radical (unpaired) electrons. The normalized spacial score (nSPS) is 16.6. The van der Waals surface area contributed by atoms with E-state index < -0.39 is 39.7 Å². The number of sulfonamides is 1. The lowest BCUT2D eigenvalue weighted by molar-refractivity contribution is -0.135. The van der Waals surface area contributed by atoms with Gasteiger partial charge >= 0.3 is 0 Å². The molecule has 1 aromatic heterocycles. The lowest BCUT2D eigenvalue weighted by atomic mass is 10.0. The number of nitrogens with one attached hydrogen (secondary N) is 2. The molecule has 4 rings (SSSR count). The van der Waals surface area contributed by atoms with E-state index in [4.69, 9.17) is 25.5 Å². The second-order valence-electron chi connectivity index (χ2n) is 10.4. The average molecular weight is 620 g/mol. The van der Waals surface area contributed by atoms with Gasteiger partial charge in [-0.05, 0) is 68.1 Å². The first-order valence-corrected chi connectivity index (χ1v) is 15.3. The number of benzene rings is 2. The van der Waals surface area contributed by atoms with Crippen molar-refractivity contribution in [3.05, 3.63) is 53.2 Å². The number of ether oxygens (including phenoxy) is 2. The van der Waals surface area contributed by atoms with Crippen molar-refractivity contribution in [3.63, 3.8) is 0 Å². The van der Waals surface area contributed by atoms with E-state index in [2.05, 4.69) is 10.6 Å². The fourth-order valence-corrected chi connectivity index (χ4v) is 6.63. The molecular formula is C29H34ClN3O8S. The summed E-state index contributed by atoms with van der Waals surface area (Å²) in [7, 11) is -1.55. The molecule has 1 fully saturated rings. The standard InChI is InChI=1S/C29H34ClN3O8S/c1-17(2)12-21(32-28(35)27-14-18-13-25(39-3)26(40-4)15-24(18)41-27)29(36)33(22-6-5-11-31-16-23(22)34)42(37,38)20-9-7-19(30)8-10-20/h7-10,13-15,17,21-22,31H,5-6,11-12,16H2,1-4H3,(H,32,35)/t21-,22?/m0/s1. The number of rotatable bonds is 10. The van der Waals surface area contributed by atoms with Gasteiger partial charge in [0.1, 0.15) is 17.7 Å². The summed E-state index contributed by atoms with van der Waals surface area (Å²) in [5.74, 6) is -1.43. The van der Waals surface area contributed by atoms with Crippen LogP contribution in [0, 0.1) is 5.92 Å². The molecule has 1 saturated heterocycles. The van der Waals surface area contributed by atoms with Gasteiger partial charge in [-0.25, -0.2) is 12.7 Å². The first-order chi connectivity index (χ1) is 20.0. The Labute approximate surface area is 249 Å². The number of amides is 2. The maximum atomic E-state index is 14.2. The number of halogens is 1. The van der Waals surface area contributed by atoms with Crippen LogP contribution in [0.15, 0.2) is 51.8 Å². The highest BCUT2D eigenvalue weighted by Crippen LogP contribution is 2.34. The van der Waals surface area contributed by atoms with Crippen LogP contribution in [0.2, 0.25) is 5.02 Å². The van der Waals surface area contributed by atoms with Gasteiger partial charge in [-0.3, -0.25) is 14.4 Å². The van der Waals surface area contributed by atoms with Crippen LogP contribution in [-0.2, 0) is 19.6 Å². The number of fused-ring (bicyclic) bond motifs is 1. The maximum Gasteiger partial charge on any atom is 0.287 e. The third-order valence-electron chi connectivity index (χ3n) is 6.93. The van der Waals surface area contributed by atoms with Crippen LogP contribution in [0.25, 0.3) is 11.0 Å². The first-order valence-electron chi connectivity index (χ1n) is 13.5. The van der Waals surface area contributed by atoms with Crippen molar-refractivity contribution in [2.24, 2.45) is 5.92 Å². The molecule has 0 spiro atoms. The molecule has 3 aromatic rings. The molecule has 42 heavy (non-hydrogen) atoms. The van der Waals surface area contributed by atoms with Crippen LogP contribution in [0.3, 0.4) is 0 Å². The molecule has 226 valence electrons. The number of Topliss-reactive ketones (excluding diaryl/α,β-unsaturated/α-hetero) is 1. The molecule has 0 bridgehead atoms. The predicted octanol–water partition coefficient (Wildman–Crippen LogP) is 3.79. The molecule has 1 unspecified atom stereocenters. The van der Waals surface area contributed by atoms with Crippen molar-refractivity contribution >= 4 is 50.2 Å². The fourth-order valence-electron chi connectivity index (χ4n) is 4.87. The summed E-state index contributed by atoms with van der Waals surface area (Å²) in [6, 6.07) is 7.55. The minimum absolute atomic E-state index is 0.0856. The lowest BCUT2D eigenvalue weighted by Crippen LogP contribution is -2.56. The van der Waals surface area contributed by atoms with Crippen LogP contribution < -0.4 is 20.1 Å². The van der Waals surface area contributed by atoms with Crippen LogP contribution >= 0.6 is 11.6 Å². The van der Waals surface area contributed by atoms with Gasteiger partial charge in [0.25, 0.3) is 21.8 Å². The molecule has 2 atom stereocenters. The molecule has 2 aromatic carbocycles. The van der Waals surface area contributed by atoms with Crippen LogP contribution in [0.5, 0.6) is 11.5 Å². The number of hydrogen-bond acceptors (Lipinski definition) is 9. The zero-order valence-corrected chi connectivity index (χ0v) is 25.4. The maximum absolute atomic E-state index is 14.2. The Bertz CT molecular complexity index is 1530. The van der Waals surface area contributed by atoms with Gasteiger partial charge in [-0.15, -0.1) is 0 Å². The Morgan fingerprint density at radius 1 is 1.12 bits per heavy atom. The number of hydrogen-bond donors (Lipinski definition) is 2. The van der Waals surface area contributed by atoms with Crippen molar-refractivity contribution in [1.82, 2.24) is 14.9 Å². The molecule has 0 aliphatic carbocycles. The Morgan fingerprint density at radius 3 is 2.43 bits per heavy atom. The molecule has 0 saturated carbocycles. The summed E-state index contributed by atoms with van der Waals surface area (Å²) in [5, 5.41) is 6.51. The second kappa shape index (κ2) is 13.1. The van der Waals surface area contributed by atoms with E-state index in [0.29, 0.717) is 44.8 Å². The third-order valence-corrected chi connectivity index (χ3v) is 9.00. The van der Waals surface area contributed by atoms with E-state index in [-0.39, 0.29) is 36.0 Å². The number of methoxy groups -OCH3 is 2. The Kier molecular flexibility index (Phi) is 9.80. The molecule has 2 amide bonds.